The van der Waals surface area contributed by atoms with E-state index in [1.807, 2.05) is 11.6 Å². The number of hydrogen-bond donors (Lipinski definition) is 1. The van der Waals surface area contributed by atoms with Gasteiger partial charge in [0.1, 0.15) is 5.82 Å². The van der Waals surface area contributed by atoms with E-state index in [1.54, 1.807) is 7.11 Å². The number of anilines is 1. The second-order valence-electron chi connectivity index (χ2n) is 3.71. The smallest absolute Gasteiger partial charge is 0.136 e. The maximum Gasteiger partial charge on any atom is 0.136 e. The van der Waals surface area contributed by atoms with Gasteiger partial charge in [0, 0.05) is 7.11 Å². The van der Waals surface area contributed by atoms with Crippen molar-refractivity contribution in [1.82, 2.24) is 9.78 Å². The highest BCUT2D eigenvalue weighted by Gasteiger charge is 2.32. The highest BCUT2D eigenvalue weighted by molar-refractivity contribution is 9.10. The molecule has 0 saturated heterocycles. The second-order valence-corrected chi connectivity index (χ2v) is 4.51. The Morgan fingerprint density at radius 3 is 2.64 bits per heavy atom. The quantitative estimate of drug-likeness (QED) is 0.883. The lowest BCUT2D eigenvalue weighted by Gasteiger charge is -2.34. The summed E-state index contributed by atoms with van der Waals surface area (Å²) in [5, 5.41) is 4.39. The molecule has 2 N–H and O–H groups in total. The lowest BCUT2D eigenvalue weighted by Crippen LogP contribution is -2.33. The van der Waals surface area contributed by atoms with Crippen LogP contribution in [0.15, 0.2) is 4.47 Å². The first-order chi connectivity index (χ1) is 6.63. The van der Waals surface area contributed by atoms with Gasteiger partial charge in [-0.1, -0.05) is 0 Å². The van der Waals surface area contributed by atoms with Gasteiger partial charge >= 0.3 is 0 Å². The first-order valence-electron chi connectivity index (χ1n) is 4.66. The van der Waals surface area contributed by atoms with E-state index in [0.717, 1.165) is 28.8 Å². The van der Waals surface area contributed by atoms with Crippen LogP contribution in [0.5, 0.6) is 0 Å². The summed E-state index contributed by atoms with van der Waals surface area (Å²) in [4.78, 5) is 0. The molecule has 0 spiro atoms. The zero-order valence-corrected chi connectivity index (χ0v) is 9.91. The third kappa shape index (κ3) is 1.44. The highest BCUT2D eigenvalue weighted by atomic mass is 79.9. The summed E-state index contributed by atoms with van der Waals surface area (Å²) in [6.07, 6.45) is 2.39. The number of nitrogens with zero attached hydrogens (tertiary/aromatic N) is 2. The molecule has 0 aliphatic heterocycles. The normalized spacial score (nSPS) is 26.2. The van der Waals surface area contributed by atoms with Crippen molar-refractivity contribution in [3.05, 3.63) is 10.2 Å². The summed E-state index contributed by atoms with van der Waals surface area (Å²) in [7, 11) is 1.74. The van der Waals surface area contributed by atoms with Gasteiger partial charge in [0.2, 0.25) is 0 Å². The maximum atomic E-state index is 5.91. The van der Waals surface area contributed by atoms with Gasteiger partial charge in [-0.3, -0.25) is 0 Å². The number of aryl methyl sites for hydroxylation is 1. The number of ether oxygens (including phenoxy) is 1. The average Bonchev–Trinajstić information content (AvgIpc) is 2.32. The monoisotopic (exact) mass is 259 g/mol. The Morgan fingerprint density at radius 1 is 1.57 bits per heavy atom. The van der Waals surface area contributed by atoms with Crippen molar-refractivity contribution >= 4 is 21.7 Å². The van der Waals surface area contributed by atoms with Crippen LogP contribution in [0.3, 0.4) is 0 Å². The first-order valence-corrected chi connectivity index (χ1v) is 5.45. The standard InChI is InChI=1S/C9H14BrN3O/c1-5-8(10)9(11)13(12-5)6-3-7(4-6)14-2/h6-7H,3-4,11H2,1-2H3. The van der Waals surface area contributed by atoms with Crippen molar-refractivity contribution in [2.75, 3.05) is 12.8 Å². The van der Waals surface area contributed by atoms with Gasteiger partial charge in [-0.25, -0.2) is 4.68 Å². The number of halogens is 1. The number of rotatable bonds is 2. The summed E-state index contributed by atoms with van der Waals surface area (Å²) in [6, 6.07) is 0.407. The fraction of sp³-hybridized carbons (Fsp3) is 0.667. The van der Waals surface area contributed by atoms with E-state index in [2.05, 4.69) is 21.0 Å². The zero-order valence-electron chi connectivity index (χ0n) is 8.33. The number of nitrogens with two attached hydrogens (primary N) is 1. The van der Waals surface area contributed by atoms with Gasteiger partial charge < -0.3 is 10.5 Å². The molecule has 78 valence electrons. The molecule has 1 aromatic rings. The molecule has 0 bridgehead atoms. The number of aromatic nitrogens is 2. The van der Waals surface area contributed by atoms with Crippen LogP contribution in [0.25, 0.3) is 0 Å². The minimum absolute atomic E-state index is 0.377. The average molecular weight is 260 g/mol. The third-order valence-corrected chi connectivity index (χ3v) is 3.78. The van der Waals surface area contributed by atoms with Crippen molar-refractivity contribution in [3.63, 3.8) is 0 Å². The number of hydrogen-bond acceptors (Lipinski definition) is 3. The lowest BCUT2D eigenvalue weighted by molar-refractivity contribution is 0.00313. The molecule has 0 aromatic carbocycles. The largest absolute Gasteiger partial charge is 0.383 e. The summed E-state index contributed by atoms with van der Waals surface area (Å²) >= 11 is 3.41. The van der Waals surface area contributed by atoms with E-state index < -0.39 is 0 Å². The Kier molecular flexibility index (Phi) is 2.53. The fourth-order valence-corrected chi connectivity index (χ4v) is 2.01. The van der Waals surface area contributed by atoms with Gasteiger partial charge in [-0.15, -0.1) is 0 Å². The third-order valence-electron chi connectivity index (χ3n) is 2.80. The molecule has 0 unspecified atom stereocenters. The molecule has 2 rings (SSSR count). The van der Waals surface area contributed by atoms with Crippen LogP contribution in [-0.4, -0.2) is 23.0 Å². The van der Waals surface area contributed by atoms with Gasteiger partial charge in [-0.05, 0) is 35.7 Å². The fourth-order valence-electron chi connectivity index (χ4n) is 1.75. The lowest BCUT2D eigenvalue weighted by atomic mass is 9.89. The maximum absolute atomic E-state index is 5.91. The molecule has 1 aliphatic carbocycles. The van der Waals surface area contributed by atoms with Gasteiger partial charge in [0.15, 0.2) is 0 Å². The second kappa shape index (κ2) is 3.55. The number of methoxy groups -OCH3 is 1. The minimum atomic E-state index is 0.377. The van der Waals surface area contributed by atoms with Crippen molar-refractivity contribution in [1.29, 1.82) is 0 Å². The summed E-state index contributed by atoms with van der Waals surface area (Å²) < 4.78 is 8.03. The topological polar surface area (TPSA) is 53.1 Å². The molecular weight excluding hydrogens is 246 g/mol. The molecule has 1 heterocycles. The summed E-state index contributed by atoms with van der Waals surface area (Å²) in [5.74, 6) is 0.724. The molecule has 5 heteroatoms. The zero-order chi connectivity index (χ0) is 10.3. The Morgan fingerprint density at radius 2 is 2.21 bits per heavy atom. The van der Waals surface area contributed by atoms with E-state index >= 15 is 0 Å². The minimum Gasteiger partial charge on any atom is -0.383 e. The summed E-state index contributed by atoms with van der Waals surface area (Å²) in [6.45, 7) is 1.95. The van der Waals surface area contributed by atoms with Crippen molar-refractivity contribution in [2.24, 2.45) is 0 Å². The Labute approximate surface area is 91.5 Å². The van der Waals surface area contributed by atoms with E-state index in [1.165, 1.54) is 0 Å². The van der Waals surface area contributed by atoms with Gasteiger partial charge in [0.25, 0.3) is 0 Å². The number of nitrogen functional groups attached to an aromatic ring is 1. The molecule has 4 nitrogen and oxygen atoms in total. The predicted octanol–water partition coefficient (Wildman–Crippen LogP) is 1.89. The van der Waals surface area contributed by atoms with Crippen LogP contribution in [0.2, 0.25) is 0 Å². The molecule has 0 amide bonds. The van der Waals surface area contributed by atoms with E-state index in [0.29, 0.717) is 12.1 Å². The molecule has 0 radical (unpaired) electrons. The van der Waals surface area contributed by atoms with Crippen LogP contribution in [0, 0.1) is 6.92 Å². The Bertz CT molecular complexity index is 344. The van der Waals surface area contributed by atoms with Crippen LogP contribution in [0.1, 0.15) is 24.6 Å². The molecule has 1 aliphatic rings. The van der Waals surface area contributed by atoms with Gasteiger partial charge in [-0.2, -0.15) is 5.10 Å². The Balaban J connectivity index is 2.15. The predicted molar refractivity (Wildman–Crippen MR) is 58.1 cm³/mol. The first kappa shape index (κ1) is 9.98. The van der Waals surface area contributed by atoms with Crippen LogP contribution in [-0.2, 0) is 4.74 Å². The van der Waals surface area contributed by atoms with E-state index in [4.69, 9.17) is 10.5 Å². The summed E-state index contributed by atoms with van der Waals surface area (Å²) in [5.41, 5.74) is 6.86. The van der Waals surface area contributed by atoms with E-state index in [-0.39, 0.29) is 0 Å². The van der Waals surface area contributed by atoms with Gasteiger partial charge in [0.05, 0.1) is 22.3 Å². The molecule has 14 heavy (non-hydrogen) atoms. The highest BCUT2D eigenvalue weighted by Crippen LogP contribution is 2.37. The van der Waals surface area contributed by atoms with Crippen LogP contribution < -0.4 is 5.73 Å². The molecule has 1 fully saturated rings. The Hall–Kier alpha value is -0.550. The SMILES string of the molecule is COC1CC(n2nc(C)c(Br)c2N)C1. The van der Waals surface area contributed by atoms with Crippen LogP contribution in [0.4, 0.5) is 5.82 Å². The van der Waals surface area contributed by atoms with E-state index in [9.17, 15) is 0 Å². The van der Waals surface area contributed by atoms with Crippen molar-refractivity contribution < 1.29 is 4.74 Å². The molecule has 1 aromatic heterocycles. The van der Waals surface area contributed by atoms with Crippen molar-refractivity contribution in [2.45, 2.75) is 31.9 Å². The molecule has 0 atom stereocenters. The van der Waals surface area contributed by atoms with Crippen LogP contribution >= 0.6 is 15.9 Å². The molecular formula is C9H14BrN3O. The van der Waals surface area contributed by atoms with Crippen molar-refractivity contribution in [3.8, 4) is 0 Å². The molecule has 1 saturated carbocycles.